The molecule has 0 aliphatic heterocycles. The first-order chi connectivity index (χ1) is 15.7. The van der Waals surface area contributed by atoms with Crippen molar-refractivity contribution in [3.05, 3.63) is 35.5 Å². The summed E-state index contributed by atoms with van der Waals surface area (Å²) in [6.45, 7) is 20.2. The molecule has 0 aromatic heterocycles. The molecule has 2 saturated carbocycles. The van der Waals surface area contributed by atoms with Crippen molar-refractivity contribution in [2.75, 3.05) is 0 Å². The van der Waals surface area contributed by atoms with Gasteiger partial charge < -0.3 is 10.2 Å². The molecule has 0 bridgehead atoms. The summed E-state index contributed by atoms with van der Waals surface area (Å²) in [7, 11) is 0. The summed E-state index contributed by atoms with van der Waals surface area (Å²) in [5, 5.41) is 21.1. The molecule has 4 aliphatic carbocycles. The van der Waals surface area contributed by atoms with Crippen LogP contribution in [0, 0.1) is 51.8 Å². The summed E-state index contributed by atoms with van der Waals surface area (Å²) in [6, 6.07) is 0. The first kappa shape index (κ1) is 25.7. The van der Waals surface area contributed by atoms with Crippen molar-refractivity contribution >= 4 is 5.97 Å². The quantitative estimate of drug-likeness (QED) is 0.399. The molecule has 34 heavy (non-hydrogen) atoms. The zero-order valence-electron chi connectivity index (χ0n) is 22.7. The van der Waals surface area contributed by atoms with Gasteiger partial charge in [0.1, 0.15) is 0 Å². The minimum atomic E-state index is -0.627. The van der Waals surface area contributed by atoms with E-state index >= 15 is 0 Å². The van der Waals surface area contributed by atoms with Gasteiger partial charge >= 0.3 is 5.97 Å². The van der Waals surface area contributed by atoms with E-state index in [2.05, 4.69) is 67.2 Å². The third-order valence-electron chi connectivity index (χ3n) is 11.2. The SMILES string of the molecule is C=C(CCC(C(=O)O)[C@H]1[C@H](C)CC2C3=CC[C@H]4C(C)(C)[C@@H](O)CC[C@]4(C)C3=CC[C@@]21C)C(C)C. The van der Waals surface area contributed by atoms with Crippen molar-refractivity contribution in [2.24, 2.45) is 51.8 Å². The minimum absolute atomic E-state index is 0.0101. The Morgan fingerprint density at radius 1 is 1.21 bits per heavy atom. The zero-order valence-corrected chi connectivity index (χ0v) is 22.7. The van der Waals surface area contributed by atoms with E-state index in [-0.39, 0.29) is 34.2 Å². The molecule has 0 saturated heterocycles. The van der Waals surface area contributed by atoms with Crippen LogP contribution in [0.1, 0.15) is 93.4 Å². The van der Waals surface area contributed by atoms with Crippen LogP contribution in [0.3, 0.4) is 0 Å². The Morgan fingerprint density at radius 2 is 1.88 bits per heavy atom. The monoisotopic (exact) mass is 468 g/mol. The van der Waals surface area contributed by atoms with Crippen LogP contribution >= 0.6 is 0 Å². The Hall–Kier alpha value is -1.35. The maximum Gasteiger partial charge on any atom is 0.306 e. The number of allylic oxidation sites excluding steroid dienone is 5. The molecule has 0 amide bonds. The van der Waals surface area contributed by atoms with Crippen molar-refractivity contribution < 1.29 is 15.0 Å². The molecular formula is C31H48O3. The van der Waals surface area contributed by atoms with Crippen LogP contribution < -0.4 is 0 Å². The number of hydrogen-bond acceptors (Lipinski definition) is 2. The van der Waals surface area contributed by atoms with Crippen LogP contribution in [0.2, 0.25) is 0 Å². The second-order valence-corrected chi connectivity index (χ2v) is 13.7. The summed E-state index contributed by atoms with van der Waals surface area (Å²) in [6.07, 6.45) is 11.3. The van der Waals surface area contributed by atoms with Crippen molar-refractivity contribution in [1.29, 1.82) is 0 Å². The van der Waals surface area contributed by atoms with E-state index in [4.69, 9.17) is 0 Å². The first-order valence-corrected chi connectivity index (χ1v) is 13.7. The molecule has 0 aromatic rings. The van der Waals surface area contributed by atoms with Gasteiger partial charge in [-0.25, -0.2) is 0 Å². The lowest BCUT2D eigenvalue weighted by Crippen LogP contribution is -2.53. The molecule has 2 N–H and O–H groups in total. The highest BCUT2D eigenvalue weighted by atomic mass is 16.4. The third kappa shape index (κ3) is 3.76. The highest BCUT2D eigenvalue weighted by molar-refractivity contribution is 5.71. The van der Waals surface area contributed by atoms with E-state index in [0.29, 0.717) is 30.1 Å². The smallest absolute Gasteiger partial charge is 0.306 e. The molecule has 0 aromatic carbocycles. The van der Waals surface area contributed by atoms with Crippen molar-refractivity contribution in [3.63, 3.8) is 0 Å². The largest absolute Gasteiger partial charge is 0.481 e. The van der Waals surface area contributed by atoms with Gasteiger partial charge in [0, 0.05) is 0 Å². The molecule has 0 spiro atoms. The summed E-state index contributed by atoms with van der Waals surface area (Å²) in [4.78, 5) is 12.6. The van der Waals surface area contributed by atoms with Crippen LogP contribution in [-0.2, 0) is 4.79 Å². The van der Waals surface area contributed by atoms with Gasteiger partial charge in [-0.3, -0.25) is 4.79 Å². The van der Waals surface area contributed by atoms with Crippen molar-refractivity contribution in [1.82, 2.24) is 0 Å². The van der Waals surface area contributed by atoms with Crippen LogP contribution in [0.15, 0.2) is 35.5 Å². The van der Waals surface area contributed by atoms with Crippen molar-refractivity contribution in [2.45, 2.75) is 99.5 Å². The molecule has 4 aliphatic rings. The Labute approximate surface area is 207 Å². The molecule has 8 atom stereocenters. The lowest BCUT2D eigenvalue weighted by molar-refractivity contribution is -0.146. The summed E-state index contributed by atoms with van der Waals surface area (Å²) in [5.74, 6) is 0.931. The normalized spacial score (nSPS) is 41.6. The van der Waals surface area contributed by atoms with E-state index in [0.717, 1.165) is 38.5 Å². The Morgan fingerprint density at radius 3 is 2.50 bits per heavy atom. The highest BCUT2D eigenvalue weighted by Crippen LogP contribution is 2.68. The van der Waals surface area contributed by atoms with Gasteiger partial charge in [-0.2, -0.15) is 0 Å². The average Bonchev–Trinajstić information content (AvgIpc) is 3.01. The number of hydrogen-bond donors (Lipinski definition) is 2. The minimum Gasteiger partial charge on any atom is -0.481 e. The number of fused-ring (bicyclic) bond motifs is 5. The second-order valence-electron chi connectivity index (χ2n) is 13.7. The van der Waals surface area contributed by atoms with Crippen LogP contribution in [-0.4, -0.2) is 22.3 Å². The van der Waals surface area contributed by atoms with Gasteiger partial charge in [0.25, 0.3) is 0 Å². The summed E-state index contributed by atoms with van der Waals surface area (Å²) >= 11 is 0. The molecule has 2 fully saturated rings. The van der Waals surface area contributed by atoms with Crippen LogP contribution in [0.25, 0.3) is 0 Å². The Balaban J connectivity index is 1.67. The van der Waals surface area contributed by atoms with E-state index in [1.165, 1.54) is 16.7 Å². The molecule has 0 heterocycles. The van der Waals surface area contributed by atoms with Gasteiger partial charge in [0.05, 0.1) is 12.0 Å². The molecule has 2 unspecified atom stereocenters. The Kier molecular flexibility index (Phi) is 6.54. The third-order valence-corrected chi connectivity index (χ3v) is 11.2. The number of aliphatic hydroxyl groups excluding tert-OH is 1. The number of aliphatic hydroxyl groups is 1. The van der Waals surface area contributed by atoms with Gasteiger partial charge in [0.2, 0.25) is 0 Å². The summed E-state index contributed by atoms with van der Waals surface area (Å²) < 4.78 is 0. The van der Waals surface area contributed by atoms with E-state index < -0.39 is 5.97 Å². The van der Waals surface area contributed by atoms with E-state index in [1.54, 1.807) is 0 Å². The average molecular weight is 469 g/mol. The lowest BCUT2D eigenvalue weighted by Gasteiger charge is -2.58. The highest BCUT2D eigenvalue weighted by Gasteiger charge is 2.61. The standard InChI is InChI=1S/C31H48O3/c1-18(2)19(3)9-10-22(28(33)34)27-20(4)17-24-21-11-12-25-29(5,6)26(32)14-16-30(25,7)23(21)13-15-31(24,27)8/h11,13,18,20,22,24-27,32H,3,9-10,12,14-17H2,1-2,4-8H3,(H,33,34)/t20-,22?,24?,25+,26+,27-,30-,31+/m1/s1. The van der Waals surface area contributed by atoms with E-state index in [1.807, 2.05) is 0 Å². The predicted octanol–water partition coefficient (Wildman–Crippen LogP) is 7.42. The number of carbonyl (C=O) groups is 1. The van der Waals surface area contributed by atoms with Gasteiger partial charge in [-0.1, -0.05) is 72.8 Å². The number of aliphatic carboxylic acids is 1. The number of carboxylic acid groups (broad SMARTS) is 1. The molecular weight excluding hydrogens is 420 g/mol. The second kappa shape index (κ2) is 8.64. The van der Waals surface area contributed by atoms with Gasteiger partial charge in [-0.05, 0) is 102 Å². The maximum atomic E-state index is 12.6. The molecule has 190 valence electrons. The maximum absolute atomic E-state index is 12.6. The molecule has 0 radical (unpaired) electrons. The topological polar surface area (TPSA) is 57.5 Å². The summed E-state index contributed by atoms with van der Waals surface area (Å²) in [5.41, 5.74) is 4.22. The molecule has 4 rings (SSSR count). The fraction of sp³-hybridized carbons (Fsp3) is 0.774. The van der Waals surface area contributed by atoms with Gasteiger partial charge in [-0.15, -0.1) is 0 Å². The lowest BCUT2D eigenvalue weighted by atomic mass is 9.46. The van der Waals surface area contributed by atoms with Crippen LogP contribution in [0.5, 0.6) is 0 Å². The zero-order chi connectivity index (χ0) is 25.2. The first-order valence-electron chi connectivity index (χ1n) is 13.7. The predicted molar refractivity (Wildman–Crippen MR) is 139 cm³/mol. The molecule has 3 heteroatoms. The number of carboxylic acids is 1. The Bertz CT molecular complexity index is 908. The van der Waals surface area contributed by atoms with E-state index in [9.17, 15) is 15.0 Å². The fourth-order valence-corrected chi connectivity index (χ4v) is 8.98. The number of rotatable bonds is 6. The van der Waals surface area contributed by atoms with Crippen LogP contribution in [0.4, 0.5) is 0 Å². The fourth-order valence-electron chi connectivity index (χ4n) is 8.98. The van der Waals surface area contributed by atoms with Crippen molar-refractivity contribution in [3.8, 4) is 0 Å². The molecule has 3 nitrogen and oxygen atoms in total. The van der Waals surface area contributed by atoms with Gasteiger partial charge in [0.15, 0.2) is 0 Å².